The van der Waals surface area contributed by atoms with E-state index in [1.807, 2.05) is 17.0 Å². The molecule has 1 amide bonds. The Morgan fingerprint density at radius 1 is 1.37 bits per heavy atom. The molecule has 2 aliphatic rings. The Kier molecular flexibility index (Phi) is 4.16. The second-order valence-electron chi connectivity index (χ2n) is 5.67. The van der Waals surface area contributed by atoms with Gasteiger partial charge in [-0.15, -0.1) is 12.4 Å². The molecule has 3 unspecified atom stereocenters. The molecular weight excluding hydrogens is 260 g/mol. The zero-order chi connectivity index (χ0) is 12.7. The first-order valence-corrected chi connectivity index (χ1v) is 6.79. The number of rotatable bonds is 1. The number of fused-ring (bicyclic) bond motifs is 1. The molecule has 4 heteroatoms. The van der Waals surface area contributed by atoms with Crippen LogP contribution < -0.4 is 5.73 Å². The Hall–Kier alpha value is -1.06. The lowest BCUT2D eigenvalue weighted by molar-refractivity contribution is -0.135. The van der Waals surface area contributed by atoms with Gasteiger partial charge in [-0.25, -0.2) is 0 Å². The summed E-state index contributed by atoms with van der Waals surface area (Å²) < 4.78 is 0. The van der Waals surface area contributed by atoms with Gasteiger partial charge in [-0.3, -0.25) is 4.79 Å². The minimum atomic E-state index is 0. The van der Waals surface area contributed by atoms with E-state index in [0.29, 0.717) is 11.8 Å². The van der Waals surface area contributed by atoms with Crippen molar-refractivity contribution >= 4 is 18.3 Å². The maximum Gasteiger partial charge on any atom is 0.230 e. The number of piperidine rings is 1. The first-order chi connectivity index (χ1) is 8.66. The van der Waals surface area contributed by atoms with E-state index in [1.165, 1.54) is 11.1 Å². The number of carbonyl (C=O) groups is 1. The molecule has 3 atom stereocenters. The molecule has 1 saturated heterocycles. The molecule has 1 fully saturated rings. The number of hydrogen-bond donors (Lipinski definition) is 1. The van der Waals surface area contributed by atoms with Crippen LogP contribution in [0.15, 0.2) is 24.3 Å². The van der Waals surface area contributed by atoms with Crippen molar-refractivity contribution in [2.24, 2.45) is 11.7 Å². The lowest BCUT2D eigenvalue weighted by atomic mass is 9.76. The van der Waals surface area contributed by atoms with Gasteiger partial charge in [0.05, 0.1) is 5.92 Å². The molecule has 1 heterocycles. The summed E-state index contributed by atoms with van der Waals surface area (Å²) >= 11 is 0. The standard InChI is InChI=1S/C15H20N2O.ClH/c1-10-9-17(7-6-14(10)16)15(18)13-8-11-4-2-3-5-12(11)13;/h2-5,10,13-14H,6-9,16H2,1H3;1H. The smallest absolute Gasteiger partial charge is 0.230 e. The summed E-state index contributed by atoms with van der Waals surface area (Å²) in [6.07, 6.45) is 1.84. The van der Waals surface area contributed by atoms with Gasteiger partial charge in [0, 0.05) is 19.1 Å². The highest BCUT2D eigenvalue weighted by Crippen LogP contribution is 2.36. The maximum absolute atomic E-state index is 12.5. The number of halogens is 1. The summed E-state index contributed by atoms with van der Waals surface area (Å²) in [7, 11) is 0. The third kappa shape index (κ3) is 2.49. The molecule has 2 N–H and O–H groups in total. The van der Waals surface area contributed by atoms with Crippen molar-refractivity contribution in [3.8, 4) is 0 Å². The molecule has 1 aromatic carbocycles. The number of nitrogens with zero attached hydrogens (tertiary/aromatic N) is 1. The number of nitrogens with two attached hydrogens (primary N) is 1. The fourth-order valence-electron chi connectivity index (χ4n) is 3.06. The van der Waals surface area contributed by atoms with E-state index in [9.17, 15) is 4.79 Å². The van der Waals surface area contributed by atoms with Crippen LogP contribution >= 0.6 is 12.4 Å². The number of amides is 1. The predicted octanol–water partition coefficient (Wildman–Crippen LogP) is 1.94. The van der Waals surface area contributed by atoms with E-state index in [-0.39, 0.29) is 24.4 Å². The summed E-state index contributed by atoms with van der Waals surface area (Å²) in [5.41, 5.74) is 8.56. The number of hydrogen-bond acceptors (Lipinski definition) is 2. The lowest BCUT2D eigenvalue weighted by Gasteiger charge is -2.39. The Balaban J connectivity index is 0.00000133. The molecule has 104 valence electrons. The molecule has 0 radical (unpaired) electrons. The van der Waals surface area contributed by atoms with Gasteiger partial charge in [-0.05, 0) is 29.9 Å². The average Bonchev–Trinajstić information content (AvgIpc) is 2.34. The first-order valence-electron chi connectivity index (χ1n) is 6.79. The molecule has 3 rings (SSSR count). The Morgan fingerprint density at radius 2 is 2.11 bits per heavy atom. The van der Waals surface area contributed by atoms with Crippen molar-refractivity contribution in [3.05, 3.63) is 35.4 Å². The zero-order valence-electron chi connectivity index (χ0n) is 11.2. The fourth-order valence-corrected chi connectivity index (χ4v) is 3.06. The fraction of sp³-hybridized carbons (Fsp3) is 0.533. The van der Waals surface area contributed by atoms with E-state index in [1.54, 1.807) is 0 Å². The Morgan fingerprint density at radius 3 is 2.79 bits per heavy atom. The van der Waals surface area contributed by atoms with Crippen LogP contribution in [0.1, 0.15) is 30.4 Å². The van der Waals surface area contributed by atoms with Crippen LogP contribution in [-0.2, 0) is 11.2 Å². The molecule has 19 heavy (non-hydrogen) atoms. The van der Waals surface area contributed by atoms with Crippen LogP contribution in [0, 0.1) is 5.92 Å². The van der Waals surface area contributed by atoms with E-state index in [4.69, 9.17) is 5.73 Å². The largest absolute Gasteiger partial charge is 0.342 e. The summed E-state index contributed by atoms with van der Waals surface area (Å²) in [5.74, 6) is 0.813. The van der Waals surface area contributed by atoms with Crippen LogP contribution in [0.25, 0.3) is 0 Å². The van der Waals surface area contributed by atoms with Crippen LogP contribution in [0.3, 0.4) is 0 Å². The third-order valence-corrected chi connectivity index (χ3v) is 4.44. The van der Waals surface area contributed by atoms with E-state index in [2.05, 4.69) is 19.1 Å². The van der Waals surface area contributed by atoms with Crippen molar-refractivity contribution in [2.75, 3.05) is 13.1 Å². The van der Waals surface area contributed by atoms with Crippen LogP contribution in [-0.4, -0.2) is 29.9 Å². The summed E-state index contributed by atoms with van der Waals surface area (Å²) in [6, 6.07) is 8.52. The van der Waals surface area contributed by atoms with Crippen molar-refractivity contribution in [1.29, 1.82) is 0 Å². The predicted molar refractivity (Wildman–Crippen MR) is 78.5 cm³/mol. The highest BCUT2D eigenvalue weighted by molar-refractivity contribution is 5.87. The normalized spacial score (nSPS) is 28.9. The lowest BCUT2D eigenvalue weighted by Crippen LogP contribution is -2.50. The summed E-state index contributed by atoms with van der Waals surface area (Å²) in [4.78, 5) is 14.5. The minimum Gasteiger partial charge on any atom is -0.342 e. The molecule has 0 bridgehead atoms. The zero-order valence-corrected chi connectivity index (χ0v) is 12.0. The van der Waals surface area contributed by atoms with Crippen molar-refractivity contribution in [3.63, 3.8) is 0 Å². The second kappa shape index (κ2) is 5.51. The quantitative estimate of drug-likeness (QED) is 0.855. The Labute approximate surface area is 120 Å². The minimum absolute atomic E-state index is 0. The molecule has 3 nitrogen and oxygen atoms in total. The van der Waals surface area contributed by atoms with Gasteiger partial charge in [-0.1, -0.05) is 31.2 Å². The average molecular weight is 281 g/mol. The van der Waals surface area contributed by atoms with Crippen LogP contribution in [0.2, 0.25) is 0 Å². The van der Waals surface area contributed by atoms with E-state index < -0.39 is 0 Å². The highest BCUT2D eigenvalue weighted by Gasteiger charge is 2.36. The van der Waals surface area contributed by atoms with E-state index in [0.717, 1.165) is 25.9 Å². The molecular formula is C15H21ClN2O. The van der Waals surface area contributed by atoms with Gasteiger partial charge in [0.1, 0.15) is 0 Å². The van der Waals surface area contributed by atoms with Gasteiger partial charge >= 0.3 is 0 Å². The maximum atomic E-state index is 12.5. The molecule has 1 aliphatic heterocycles. The van der Waals surface area contributed by atoms with Crippen LogP contribution in [0.4, 0.5) is 0 Å². The molecule has 0 aromatic heterocycles. The van der Waals surface area contributed by atoms with Crippen molar-refractivity contribution in [1.82, 2.24) is 4.90 Å². The van der Waals surface area contributed by atoms with Gasteiger partial charge in [0.15, 0.2) is 0 Å². The summed E-state index contributed by atoms with van der Waals surface area (Å²) in [6.45, 7) is 3.78. The highest BCUT2D eigenvalue weighted by atomic mass is 35.5. The van der Waals surface area contributed by atoms with Gasteiger partial charge in [0.2, 0.25) is 5.91 Å². The molecule has 1 aliphatic carbocycles. The van der Waals surface area contributed by atoms with Gasteiger partial charge in [0.25, 0.3) is 0 Å². The number of benzene rings is 1. The topological polar surface area (TPSA) is 46.3 Å². The van der Waals surface area contributed by atoms with Crippen LogP contribution in [0.5, 0.6) is 0 Å². The third-order valence-electron chi connectivity index (χ3n) is 4.44. The molecule has 1 aromatic rings. The van der Waals surface area contributed by atoms with E-state index >= 15 is 0 Å². The van der Waals surface area contributed by atoms with Gasteiger partial charge < -0.3 is 10.6 Å². The monoisotopic (exact) mass is 280 g/mol. The van der Waals surface area contributed by atoms with Crippen molar-refractivity contribution in [2.45, 2.75) is 31.7 Å². The molecule has 0 saturated carbocycles. The first kappa shape index (κ1) is 14.4. The van der Waals surface area contributed by atoms with Crippen molar-refractivity contribution < 1.29 is 4.79 Å². The number of carbonyl (C=O) groups excluding carboxylic acids is 1. The molecule has 0 spiro atoms. The number of likely N-dealkylation sites (tertiary alicyclic amines) is 1. The summed E-state index contributed by atoms with van der Waals surface area (Å²) in [5, 5.41) is 0. The Bertz CT molecular complexity index is 477. The second-order valence-corrected chi connectivity index (χ2v) is 5.67. The van der Waals surface area contributed by atoms with Gasteiger partial charge in [-0.2, -0.15) is 0 Å². The SMILES string of the molecule is CC1CN(C(=O)C2Cc3ccccc32)CCC1N.Cl.